The lowest BCUT2D eigenvalue weighted by atomic mass is 9.99. The highest BCUT2D eigenvalue weighted by molar-refractivity contribution is 8.05. The molecule has 0 saturated carbocycles. The highest BCUT2D eigenvalue weighted by Gasteiger charge is 2.49. The minimum atomic E-state index is -6.68. The van der Waals surface area contributed by atoms with E-state index in [1.54, 1.807) is 0 Å². The number of benzene rings is 2. The lowest BCUT2D eigenvalue weighted by molar-refractivity contribution is -0.0441. The minimum Gasteiger partial charge on any atom is -0.451 e. The Balaban J connectivity index is 2.52. The van der Waals surface area contributed by atoms with E-state index in [0.717, 1.165) is 12.0 Å². The Kier molecular flexibility index (Phi) is 7.16. The molecule has 0 amide bonds. The van der Waals surface area contributed by atoms with E-state index < -0.39 is 59.5 Å². The number of hydrogen-bond donors (Lipinski definition) is 1. The standard InChI is InChI=1S/C17H14F7NO5S2/c1-3-8(2)9-4-6-10(7-5-9)30-15-11(18)13(20)16(14(21)12(15)19)31(26,27)25-32(28,29)17(22,23)24/h4-8,25H,3H2,1-2H3. The topological polar surface area (TPSA) is 89.5 Å². The van der Waals surface area contributed by atoms with Gasteiger partial charge in [0.2, 0.25) is 17.4 Å². The van der Waals surface area contributed by atoms with Crippen LogP contribution in [0.25, 0.3) is 0 Å². The second-order valence-corrected chi connectivity index (χ2v) is 9.98. The number of alkyl halides is 3. The molecule has 178 valence electrons. The summed E-state index contributed by atoms with van der Waals surface area (Å²) in [6, 6.07) is 5.41. The van der Waals surface area contributed by atoms with Crippen LogP contribution in [0.5, 0.6) is 11.5 Å². The van der Waals surface area contributed by atoms with Gasteiger partial charge in [-0.15, -0.1) is 0 Å². The van der Waals surface area contributed by atoms with Gasteiger partial charge in [-0.1, -0.05) is 30.1 Å². The van der Waals surface area contributed by atoms with Crippen molar-refractivity contribution in [3.63, 3.8) is 0 Å². The maximum atomic E-state index is 14.3. The highest BCUT2D eigenvalue weighted by atomic mass is 32.3. The molecule has 0 aliphatic rings. The Morgan fingerprint density at radius 1 is 0.906 bits per heavy atom. The zero-order valence-corrected chi connectivity index (χ0v) is 17.7. The first-order valence-corrected chi connectivity index (χ1v) is 11.5. The molecular formula is C17H14F7NO5S2. The van der Waals surface area contributed by atoms with E-state index in [-0.39, 0.29) is 15.8 Å². The van der Waals surface area contributed by atoms with Crippen LogP contribution in [-0.4, -0.2) is 22.3 Å². The van der Waals surface area contributed by atoms with Gasteiger partial charge in [0.15, 0.2) is 16.5 Å². The summed E-state index contributed by atoms with van der Waals surface area (Å²) >= 11 is 0. The predicted octanol–water partition coefficient (Wildman–Crippen LogP) is 4.68. The van der Waals surface area contributed by atoms with Crippen LogP contribution in [0.4, 0.5) is 30.7 Å². The molecule has 0 radical (unpaired) electrons. The maximum Gasteiger partial charge on any atom is 0.512 e. The smallest absolute Gasteiger partial charge is 0.451 e. The molecule has 1 N–H and O–H groups in total. The molecule has 15 heteroatoms. The third kappa shape index (κ3) is 4.99. The Labute approximate surface area is 178 Å². The van der Waals surface area contributed by atoms with Crippen LogP contribution < -0.4 is 8.86 Å². The molecule has 0 heterocycles. The molecule has 0 spiro atoms. The normalized spacial score (nSPS) is 13.8. The van der Waals surface area contributed by atoms with Gasteiger partial charge in [-0.05, 0) is 30.0 Å². The zero-order chi connectivity index (χ0) is 24.6. The van der Waals surface area contributed by atoms with Crippen LogP contribution in [0.15, 0.2) is 29.2 Å². The summed E-state index contributed by atoms with van der Waals surface area (Å²) in [5.74, 6) is -12.1. The van der Waals surface area contributed by atoms with Gasteiger partial charge in [-0.2, -0.15) is 22.0 Å². The van der Waals surface area contributed by atoms with Crippen LogP contribution in [0, 0.1) is 23.3 Å². The van der Waals surface area contributed by atoms with E-state index in [1.165, 1.54) is 24.3 Å². The zero-order valence-electron chi connectivity index (χ0n) is 16.1. The lowest BCUT2D eigenvalue weighted by Crippen LogP contribution is -2.40. The van der Waals surface area contributed by atoms with Crippen molar-refractivity contribution in [1.82, 2.24) is 4.13 Å². The fourth-order valence-electron chi connectivity index (χ4n) is 2.37. The molecule has 2 aromatic carbocycles. The lowest BCUT2D eigenvalue weighted by Gasteiger charge is -2.15. The number of rotatable bonds is 7. The van der Waals surface area contributed by atoms with E-state index in [4.69, 9.17) is 4.74 Å². The van der Waals surface area contributed by atoms with Crippen molar-refractivity contribution in [2.45, 2.75) is 36.6 Å². The quantitative estimate of drug-likeness (QED) is 0.433. The second-order valence-electron chi connectivity index (χ2n) is 6.43. The Morgan fingerprint density at radius 3 is 1.78 bits per heavy atom. The Hall–Kier alpha value is -2.39. The first-order valence-electron chi connectivity index (χ1n) is 8.52. The summed E-state index contributed by atoms with van der Waals surface area (Å²) in [6.07, 6.45) is 0.758. The van der Waals surface area contributed by atoms with E-state index in [9.17, 15) is 47.6 Å². The molecule has 2 aromatic rings. The molecular weight excluding hydrogens is 495 g/mol. The fourth-order valence-corrected chi connectivity index (χ4v) is 4.89. The predicted molar refractivity (Wildman–Crippen MR) is 96.8 cm³/mol. The van der Waals surface area contributed by atoms with Gasteiger partial charge in [0.1, 0.15) is 5.75 Å². The van der Waals surface area contributed by atoms with Crippen molar-refractivity contribution in [3.05, 3.63) is 53.1 Å². The van der Waals surface area contributed by atoms with Crippen LogP contribution in [0.2, 0.25) is 0 Å². The van der Waals surface area contributed by atoms with Crippen LogP contribution in [0.1, 0.15) is 31.7 Å². The molecule has 2 rings (SSSR count). The molecule has 0 aliphatic heterocycles. The average Bonchev–Trinajstić information content (AvgIpc) is 2.67. The van der Waals surface area contributed by atoms with Gasteiger partial charge >= 0.3 is 15.5 Å². The molecule has 0 aromatic heterocycles. The highest BCUT2D eigenvalue weighted by Crippen LogP contribution is 2.36. The van der Waals surface area contributed by atoms with Crippen molar-refractivity contribution in [2.24, 2.45) is 0 Å². The fraction of sp³-hybridized carbons (Fsp3) is 0.294. The third-order valence-electron chi connectivity index (χ3n) is 4.26. The van der Waals surface area contributed by atoms with Crippen molar-refractivity contribution in [1.29, 1.82) is 0 Å². The van der Waals surface area contributed by atoms with Gasteiger partial charge < -0.3 is 4.74 Å². The molecule has 0 bridgehead atoms. The summed E-state index contributed by atoms with van der Waals surface area (Å²) in [4.78, 5) is -2.61. The van der Waals surface area contributed by atoms with E-state index in [0.29, 0.717) is 0 Å². The van der Waals surface area contributed by atoms with Gasteiger partial charge in [0.25, 0.3) is 10.0 Å². The van der Waals surface area contributed by atoms with E-state index in [1.807, 2.05) is 13.8 Å². The van der Waals surface area contributed by atoms with Crippen LogP contribution >= 0.6 is 0 Å². The first-order chi connectivity index (χ1) is 14.5. The van der Waals surface area contributed by atoms with Gasteiger partial charge in [-0.25, -0.2) is 25.6 Å². The largest absolute Gasteiger partial charge is 0.512 e. The SMILES string of the molecule is CCC(C)c1ccc(Oc2c(F)c(F)c(S(=O)(=O)NS(=O)(=O)C(F)(F)F)c(F)c2F)cc1. The number of nitrogens with one attached hydrogen (secondary N) is 1. The van der Waals surface area contributed by atoms with Crippen molar-refractivity contribution in [2.75, 3.05) is 0 Å². The molecule has 1 unspecified atom stereocenters. The third-order valence-corrected chi connectivity index (χ3v) is 7.52. The number of hydrogen-bond acceptors (Lipinski definition) is 5. The number of ether oxygens (including phenoxy) is 1. The van der Waals surface area contributed by atoms with Gasteiger partial charge in [0.05, 0.1) is 0 Å². The molecule has 1 atom stereocenters. The van der Waals surface area contributed by atoms with Crippen LogP contribution in [-0.2, 0) is 20.0 Å². The average molecular weight is 509 g/mol. The number of sulfonamides is 2. The van der Waals surface area contributed by atoms with Crippen molar-refractivity contribution < 1.29 is 52.3 Å². The molecule has 0 fully saturated rings. The maximum absolute atomic E-state index is 14.3. The summed E-state index contributed by atoms with van der Waals surface area (Å²) in [5.41, 5.74) is -5.40. The number of halogens is 7. The Bertz CT molecular complexity index is 1200. The minimum absolute atomic E-state index is 0.0183. The second kappa shape index (κ2) is 8.86. The van der Waals surface area contributed by atoms with E-state index in [2.05, 4.69) is 0 Å². The van der Waals surface area contributed by atoms with Gasteiger partial charge in [-0.3, -0.25) is 0 Å². The molecule has 6 nitrogen and oxygen atoms in total. The Morgan fingerprint density at radius 2 is 1.38 bits per heavy atom. The molecule has 32 heavy (non-hydrogen) atoms. The molecule has 0 aliphatic carbocycles. The van der Waals surface area contributed by atoms with Crippen molar-refractivity contribution >= 4 is 20.0 Å². The first kappa shape index (κ1) is 25.9. The summed E-state index contributed by atoms with van der Waals surface area (Å²) < 4.78 is 144. The molecule has 0 saturated heterocycles. The summed E-state index contributed by atoms with van der Waals surface area (Å²) in [7, 11) is -12.9. The van der Waals surface area contributed by atoms with E-state index >= 15 is 0 Å². The summed E-state index contributed by atoms with van der Waals surface area (Å²) in [6.45, 7) is 3.78. The van der Waals surface area contributed by atoms with Crippen LogP contribution in [0.3, 0.4) is 0 Å². The van der Waals surface area contributed by atoms with Crippen molar-refractivity contribution in [3.8, 4) is 11.5 Å². The monoisotopic (exact) mass is 509 g/mol. The summed E-state index contributed by atoms with van der Waals surface area (Å²) in [5, 5.41) is 0. The van der Waals surface area contributed by atoms with Gasteiger partial charge in [0, 0.05) is 0 Å².